The van der Waals surface area contributed by atoms with E-state index in [1.807, 2.05) is 6.92 Å². The Labute approximate surface area is 122 Å². The summed E-state index contributed by atoms with van der Waals surface area (Å²) >= 11 is 0. The van der Waals surface area contributed by atoms with Gasteiger partial charge in [-0.1, -0.05) is 6.92 Å². The number of benzene rings is 1. The van der Waals surface area contributed by atoms with E-state index in [-0.39, 0.29) is 17.4 Å². The van der Waals surface area contributed by atoms with Gasteiger partial charge in [0.25, 0.3) is 0 Å². The van der Waals surface area contributed by atoms with Gasteiger partial charge in [0, 0.05) is 24.4 Å². The molecule has 1 aliphatic heterocycles. The zero-order chi connectivity index (χ0) is 15.6. The van der Waals surface area contributed by atoms with Crippen molar-refractivity contribution in [3.05, 3.63) is 28.3 Å². The molecule has 21 heavy (non-hydrogen) atoms. The summed E-state index contributed by atoms with van der Waals surface area (Å²) in [6.07, 6.45) is 0.776. The molecule has 0 amide bonds. The molecule has 1 saturated heterocycles. The molecule has 2 unspecified atom stereocenters. The van der Waals surface area contributed by atoms with Gasteiger partial charge in [0.1, 0.15) is 6.04 Å². The second kappa shape index (κ2) is 5.99. The third-order valence-corrected chi connectivity index (χ3v) is 3.72. The maximum atomic E-state index is 11.4. The Balaban J connectivity index is 2.38. The Bertz CT molecular complexity index is 560. The monoisotopic (exact) mass is 294 g/mol. The number of hydrogen-bond donors (Lipinski definition) is 1. The van der Waals surface area contributed by atoms with Crippen LogP contribution < -0.4 is 9.64 Å². The number of nitrogens with zero attached hydrogens (tertiary/aromatic N) is 2. The van der Waals surface area contributed by atoms with Gasteiger partial charge >= 0.3 is 11.7 Å². The summed E-state index contributed by atoms with van der Waals surface area (Å²) in [6.45, 7) is 4.56. The SMILES string of the molecule is CCOc1cc(N2CCC(C)C2C(=O)O)ccc1[N+](=O)[O-]. The van der Waals surface area contributed by atoms with Crippen molar-refractivity contribution in [2.75, 3.05) is 18.1 Å². The van der Waals surface area contributed by atoms with E-state index in [1.54, 1.807) is 24.0 Å². The maximum Gasteiger partial charge on any atom is 0.326 e. The number of nitro groups is 1. The van der Waals surface area contributed by atoms with Crippen LogP contribution in [0.5, 0.6) is 5.75 Å². The van der Waals surface area contributed by atoms with Crippen LogP contribution in [0.2, 0.25) is 0 Å². The molecule has 0 bridgehead atoms. The largest absolute Gasteiger partial charge is 0.487 e. The molecule has 1 aliphatic rings. The van der Waals surface area contributed by atoms with E-state index in [2.05, 4.69) is 0 Å². The van der Waals surface area contributed by atoms with Gasteiger partial charge in [-0.05, 0) is 25.3 Å². The fraction of sp³-hybridized carbons (Fsp3) is 0.500. The molecule has 0 aromatic heterocycles. The minimum absolute atomic E-state index is 0.0354. The lowest BCUT2D eigenvalue weighted by Crippen LogP contribution is -2.39. The highest BCUT2D eigenvalue weighted by Gasteiger charge is 2.37. The molecule has 7 nitrogen and oxygen atoms in total. The minimum Gasteiger partial charge on any atom is -0.487 e. The number of aliphatic carboxylic acids is 1. The van der Waals surface area contributed by atoms with E-state index in [0.29, 0.717) is 18.8 Å². The van der Waals surface area contributed by atoms with Crippen LogP contribution in [0.25, 0.3) is 0 Å². The van der Waals surface area contributed by atoms with Crippen LogP contribution in [0.3, 0.4) is 0 Å². The average Bonchev–Trinajstić information content (AvgIpc) is 2.80. The Morgan fingerprint density at radius 2 is 2.29 bits per heavy atom. The van der Waals surface area contributed by atoms with Crippen molar-refractivity contribution in [1.82, 2.24) is 0 Å². The fourth-order valence-corrected chi connectivity index (χ4v) is 2.72. The van der Waals surface area contributed by atoms with Crippen molar-refractivity contribution < 1.29 is 19.6 Å². The lowest BCUT2D eigenvalue weighted by Gasteiger charge is -2.25. The van der Waals surface area contributed by atoms with E-state index in [4.69, 9.17) is 4.74 Å². The molecule has 1 fully saturated rings. The Morgan fingerprint density at radius 3 is 2.86 bits per heavy atom. The number of carboxylic acid groups (broad SMARTS) is 1. The average molecular weight is 294 g/mol. The molecule has 1 aromatic carbocycles. The predicted molar refractivity (Wildman–Crippen MR) is 76.8 cm³/mol. The van der Waals surface area contributed by atoms with Gasteiger partial charge in [-0.3, -0.25) is 10.1 Å². The fourth-order valence-electron chi connectivity index (χ4n) is 2.72. The molecular formula is C14H18N2O5. The second-order valence-corrected chi connectivity index (χ2v) is 5.08. The van der Waals surface area contributed by atoms with Crippen LogP contribution >= 0.6 is 0 Å². The highest BCUT2D eigenvalue weighted by Crippen LogP contribution is 2.36. The second-order valence-electron chi connectivity index (χ2n) is 5.08. The van der Waals surface area contributed by atoms with Gasteiger partial charge in [-0.2, -0.15) is 0 Å². The van der Waals surface area contributed by atoms with Crippen molar-refractivity contribution in [3.63, 3.8) is 0 Å². The lowest BCUT2D eigenvalue weighted by atomic mass is 10.0. The maximum absolute atomic E-state index is 11.4. The van der Waals surface area contributed by atoms with E-state index in [0.717, 1.165) is 6.42 Å². The third-order valence-electron chi connectivity index (χ3n) is 3.72. The molecular weight excluding hydrogens is 276 g/mol. The normalized spacial score (nSPS) is 21.3. The first-order chi connectivity index (χ1) is 9.95. The van der Waals surface area contributed by atoms with Gasteiger partial charge in [-0.25, -0.2) is 4.79 Å². The summed E-state index contributed by atoms with van der Waals surface area (Å²) in [5.41, 5.74) is 0.528. The number of carbonyl (C=O) groups is 1. The van der Waals surface area contributed by atoms with Gasteiger partial charge in [0.2, 0.25) is 0 Å². The van der Waals surface area contributed by atoms with E-state index in [9.17, 15) is 20.0 Å². The quantitative estimate of drug-likeness (QED) is 0.661. The zero-order valence-electron chi connectivity index (χ0n) is 12.0. The molecule has 0 radical (unpaired) electrons. The number of carboxylic acids is 1. The first kappa shape index (κ1) is 15.1. The molecule has 0 aliphatic carbocycles. The summed E-state index contributed by atoms with van der Waals surface area (Å²) in [4.78, 5) is 23.6. The Hall–Kier alpha value is -2.31. The molecule has 0 spiro atoms. The number of rotatable bonds is 5. The van der Waals surface area contributed by atoms with Crippen LogP contribution in [-0.4, -0.2) is 35.2 Å². The van der Waals surface area contributed by atoms with Crippen LogP contribution in [0.4, 0.5) is 11.4 Å². The van der Waals surface area contributed by atoms with E-state index in [1.165, 1.54) is 6.07 Å². The molecule has 1 aromatic rings. The molecule has 114 valence electrons. The van der Waals surface area contributed by atoms with Crippen LogP contribution in [0.1, 0.15) is 20.3 Å². The van der Waals surface area contributed by atoms with Crippen LogP contribution in [-0.2, 0) is 4.79 Å². The molecule has 2 atom stereocenters. The summed E-state index contributed by atoms with van der Waals surface area (Å²) in [5, 5.41) is 20.3. The zero-order valence-corrected chi connectivity index (χ0v) is 12.0. The van der Waals surface area contributed by atoms with Gasteiger partial charge in [0.05, 0.1) is 11.5 Å². The predicted octanol–water partition coefficient (Wildman–Crippen LogP) is 2.29. The molecule has 0 saturated carbocycles. The Kier molecular flexibility index (Phi) is 4.30. The number of hydrogen-bond acceptors (Lipinski definition) is 5. The Morgan fingerprint density at radius 1 is 1.57 bits per heavy atom. The van der Waals surface area contributed by atoms with E-state index < -0.39 is 16.9 Å². The third kappa shape index (κ3) is 2.91. The highest BCUT2D eigenvalue weighted by molar-refractivity contribution is 5.80. The van der Waals surface area contributed by atoms with Crippen LogP contribution in [0, 0.1) is 16.0 Å². The first-order valence-corrected chi connectivity index (χ1v) is 6.86. The smallest absolute Gasteiger partial charge is 0.326 e. The molecule has 1 heterocycles. The summed E-state index contributed by atoms with van der Waals surface area (Å²) < 4.78 is 5.31. The standard InChI is InChI=1S/C14H18N2O5/c1-3-21-12-8-10(4-5-11(12)16(19)20)15-7-6-9(2)13(15)14(17)18/h4-5,8-9,13H,3,6-7H2,1-2H3,(H,17,18). The summed E-state index contributed by atoms with van der Waals surface area (Å²) in [6, 6.07) is 3.88. The van der Waals surface area contributed by atoms with Gasteiger partial charge in [0.15, 0.2) is 5.75 Å². The highest BCUT2D eigenvalue weighted by atomic mass is 16.6. The molecule has 7 heteroatoms. The van der Waals surface area contributed by atoms with Crippen LogP contribution in [0.15, 0.2) is 18.2 Å². The number of ether oxygens (including phenoxy) is 1. The minimum atomic E-state index is -0.878. The molecule has 2 rings (SSSR count). The number of nitro benzene ring substituents is 1. The summed E-state index contributed by atoms with van der Waals surface area (Å²) in [7, 11) is 0. The lowest BCUT2D eigenvalue weighted by molar-refractivity contribution is -0.385. The van der Waals surface area contributed by atoms with Gasteiger partial charge < -0.3 is 14.7 Å². The number of anilines is 1. The van der Waals surface area contributed by atoms with E-state index >= 15 is 0 Å². The molecule has 1 N–H and O–H groups in total. The van der Waals surface area contributed by atoms with Crippen molar-refractivity contribution in [1.29, 1.82) is 0 Å². The first-order valence-electron chi connectivity index (χ1n) is 6.86. The van der Waals surface area contributed by atoms with Crippen molar-refractivity contribution in [2.45, 2.75) is 26.3 Å². The van der Waals surface area contributed by atoms with Crippen molar-refractivity contribution >= 4 is 17.3 Å². The van der Waals surface area contributed by atoms with Crippen molar-refractivity contribution in [2.24, 2.45) is 5.92 Å². The van der Waals surface area contributed by atoms with Crippen molar-refractivity contribution in [3.8, 4) is 5.75 Å². The van der Waals surface area contributed by atoms with Gasteiger partial charge in [-0.15, -0.1) is 0 Å². The topological polar surface area (TPSA) is 92.9 Å². The summed E-state index contributed by atoms with van der Waals surface area (Å²) in [5.74, 6) is -0.673.